The second-order valence-corrected chi connectivity index (χ2v) is 12.3. The van der Waals surface area contributed by atoms with Crippen LogP contribution in [0.3, 0.4) is 0 Å². The maximum atomic E-state index is 11.2. The molecule has 2 aromatic carbocycles. The normalized spacial score (nSPS) is 19.0. The molecule has 1 aliphatic rings. The van der Waals surface area contributed by atoms with Gasteiger partial charge in [0.25, 0.3) is 0 Å². The number of amidine groups is 1. The second kappa shape index (κ2) is 10.9. The molecular formula is C32H43N3O. The van der Waals surface area contributed by atoms with E-state index in [-0.39, 0.29) is 16.7 Å². The van der Waals surface area contributed by atoms with Crippen LogP contribution < -0.4 is 0 Å². The Labute approximate surface area is 218 Å². The highest BCUT2D eigenvalue weighted by Crippen LogP contribution is 2.41. The van der Waals surface area contributed by atoms with Gasteiger partial charge in [-0.25, -0.2) is 0 Å². The molecule has 1 saturated heterocycles. The van der Waals surface area contributed by atoms with Crippen molar-refractivity contribution in [1.29, 1.82) is 10.7 Å². The summed E-state index contributed by atoms with van der Waals surface area (Å²) in [7, 11) is 0. The zero-order valence-electron chi connectivity index (χ0n) is 23.2. The van der Waals surface area contributed by atoms with Crippen molar-refractivity contribution in [2.45, 2.75) is 78.6 Å². The molecule has 2 atom stereocenters. The quantitative estimate of drug-likeness (QED) is 0.400. The average molecular weight is 486 g/mol. The third-order valence-corrected chi connectivity index (χ3v) is 7.37. The monoisotopic (exact) mass is 485 g/mol. The van der Waals surface area contributed by atoms with Crippen molar-refractivity contribution < 1.29 is 5.11 Å². The summed E-state index contributed by atoms with van der Waals surface area (Å²) >= 11 is 0. The predicted octanol–water partition coefficient (Wildman–Crippen LogP) is 7.46. The zero-order valence-corrected chi connectivity index (χ0v) is 23.2. The number of phenolic OH excluding ortho intramolecular Hbond substituents is 1. The summed E-state index contributed by atoms with van der Waals surface area (Å²) in [4.78, 5) is 2.16. The van der Waals surface area contributed by atoms with Crippen molar-refractivity contribution in [3.05, 3.63) is 70.8 Å². The summed E-state index contributed by atoms with van der Waals surface area (Å²) in [5, 5.41) is 30.0. The highest BCUT2D eigenvalue weighted by Gasteiger charge is 2.37. The number of hydrogen-bond donors (Lipinski definition) is 2. The molecule has 1 aliphatic heterocycles. The predicted molar refractivity (Wildman–Crippen MR) is 150 cm³/mol. The highest BCUT2D eigenvalue weighted by molar-refractivity contribution is 5.86. The van der Waals surface area contributed by atoms with E-state index in [2.05, 4.69) is 83.7 Å². The Hall–Kier alpha value is -3.06. The van der Waals surface area contributed by atoms with Crippen molar-refractivity contribution >= 4 is 11.4 Å². The topological polar surface area (TPSA) is 71.1 Å². The van der Waals surface area contributed by atoms with Crippen LogP contribution in [0, 0.1) is 28.6 Å². The first-order valence-corrected chi connectivity index (χ1v) is 13.2. The van der Waals surface area contributed by atoms with E-state index < -0.39 is 0 Å². The Morgan fingerprint density at radius 2 is 1.67 bits per heavy atom. The average Bonchev–Trinajstić information content (AvgIpc) is 3.07. The number of allylic oxidation sites excluding steroid dienone is 1. The van der Waals surface area contributed by atoms with E-state index in [1.807, 2.05) is 18.2 Å². The van der Waals surface area contributed by atoms with Crippen LogP contribution in [0.25, 0.3) is 5.57 Å². The van der Waals surface area contributed by atoms with E-state index in [0.29, 0.717) is 24.0 Å². The minimum Gasteiger partial charge on any atom is -0.507 e. The molecule has 1 fully saturated rings. The van der Waals surface area contributed by atoms with Gasteiger partial charge in [0.05, 0.1) is 11.9 Å². The van der Waals surface area contributed by atoms with Crippen molar-refractivity contribution in [1.82, 2.24) is 4.90 Å². The summed E-state index contributed by atoms with van der Waals surface area (Å²) in [6, 6.07) is 16.8. The van der Waals surface area contributed by atoms with Gasteiger partial charge >= 0.3 is 0 Å². The lowest BCUT2D eigenvalue weighted by Crippen LogP contribution is -2.29. The minimum atomic E-state index is -0.245. The fourth-order valence-electron chi connectivity index (χ4n) is 5.38. The summed E-state index contributed by atoms with van der Waals surface area (Å²) in [5.41, 5.74) is 4.40. The SMILES string of the molecule is CCC[C@H]1CN(CC(=CC#N)c2cc(C(C)(C)C)c(O)c(C(C)(C)C)c2)C(=N)[C@@H]1Cc1ccccc1. The number of phenols is 1. The van der Waals surface area contributed by atoms with Crippen LogP contribution in [0.4, 0.5) is 0 Å². The van der Waals surface area contributed by atoms with Gasteiger partial charge in [-0.05, 0) is 58.4 Å². The van der Waals surface area contributed by atoms with Crippen molar-refractivity contribution in [3.63, 3.8) is 0 Å². The molecule has 0 bridgehead atoms. The number of benzene rings is 2. The van der Waals surface area contributed by atoms with E-state index in [9.17, 15) is 10.4 Å². The first-order chi connectivity index (χ1) is 16.9. The van der Waals surface area contributed by atoms with Crippen LogP contribution in [0.1, 0.15) is 83.6 Å². The maximum Gasteiger partial charge on any atom is 0.123 e. The molecule has 3 rings (SSSR count). The van der Waals surface area contributed by atoms with Crippen LogP contribution in [0.15, 0.2) is 48.5 Å². The lowest BCUT2D eigenvalue weighted by atomic mass is 9.77. The van der Waals surface area contributed by atoms with Crippen LogP contribution in [-0.2, 0) is 17.3 Å². The van der Waals surface area contributed by atoms with Crippen LogP contribution in [0.2, 0.25) is 0 Å². The molecule has 0 saturated carbocycles. The largest absolute Gasteiger partial charge is 0.507 e. The number of nitriles is 1. The minimum absolute atomic E-state index is 0.186. The second-order valence-electron chi connectivity index (χ2n) is 12.3. The molecule has 0 aromatic heterocycles. The molecule has 4 nitrogen and oxygen atoms in total. The molecule has 2 N–H and O–H groups in total. The van der Waals surface area contributed by atoms with Gasteiger partial charge in [-0.2, -0.15) is 5.26 Å². The van der Waals surface area contributed by atoms with Gasteiger partial charge in [0.1, 0.15) is 5.75 Å². The van der Waals surface area contributed by atoms with Gasteiger partial charge in [-0.3, -0.25) is 5.41 Å². The Morgan fingerprint density at radius 3 is 2.17 bits per heavy atom. The first-order valence-electron chi connectivity index (χ1n) is 13.2. The molecule has 36 heavy (non-hydrogen) atoms. The van der Waals surface area contributed by atoms with E-state index in [4.69, 9.17) is 5.41 Å². The number of rotatable bonds is 7. The summed E-state index contributed by atoms with van der Waals surface area (Å²) in [6.45, 7) is 16.2. The number of hydrogen-bond acceptors (Lipinski definition) is 3. The van der Waals surface area contributed by atoms with Crippen molar-refractivity contribution in [2.75, 3.05) is 13.1 Å². The standard InChI is InChI=1S/C32H43N3O/c1-8-12-24-21-35(30(34)26(24)17-22-13-10-9-11-14-22)20-23(15-16-33)25-18-27(31(2,3)4)29(36)28(19-25)32(5,6)7/h9-11,13-15,18-19,24,26,34,36H,8,12,17,20-21H2,1-7H3/t24-,26+/m0/s1. The Bertz CT molecular complexity index is 1110. The molecule has 0 amide bonds. The van der Waals surface area contributed by atoms with Gasteiger partial charge in [-0.1, -0.05) is 85.2 Å². The summed E-state index contributed by atoms with van der Waals surface area (Å²) in [6.07, 6.45) is 4.69. The molecule has 1 heterocycles. The number of nitrogens with zero attached hydrogens (tertiary/aromatic N) is 2. The Morgan fingerprint density at radius 1 is 1.08 bits per heavy atom. The van der Waals surface area contributed by atoms with Crippen LogP contribution >= 0.6 is 0 Å². The Balaban J connectivity index is 1.98. The van der Waals surface area contributed by atoms with Gasteiger partial charge in [0.15, 0.2) is 0 Å². The van der Waals surface area contributed by atoms with E-state index >= 15 is 0 Å². The first kappa shape index (κ1) is 27.5. The van der Waals surface area contributed by atoms with Crippen LogP contribution in [-0.4, -0.2) is 28.9 Å². The highest BCUT2D eigenvalue weighted by atomic mass is 16.3. The molecule has 0 spiro atoms. The molecule has 0 unspecified atom stereocenters. The van der Waals surface area contributed by atoms with Gasteiger partial charge in [-0.15, -0.1) is 0 Å². The van der Waals surface area contributed by atoms with E-state index in [1.54, 1.807) is 6.08 Å². The molecular weight excluding hydrogens is 442 g/mol. The maximum absolute atomic E-state index is 11.2. The summed E-state index contributed by atoms with van der Waals surface area (Å²) in [5.74, 6) is 1.63. The smallest absolute Gasteiger partial charge is 0.123 e. The molecule has 2 aromatic rings. The lowest BCUT2D eigenvalue weighted by molar-refractivity contribution is 0.373. The lowest BCUT2D eigenvalue weighted by Gasteiger charge is -2.29. The Kier molecular flexibility index (Phi) is 8.34. The van der Waals surface area contributed by atoms with E-state index in [1.165, 1.54) is 5.56 Å². The van der Waals surface area contributed by atoms with Gasteiger partial charge < -0.3 is 10.0 Å². The fraction of sp³-hybridized carbons (Fsp3) is 0.500. The molecule has 4 heteroatoms. The zero-order chi connectivity index (χ0) is 26.7. The fourth-order valence-corrected chi connectivity index (χ4v) is 5.38. The van der Waals surface area contributed by atoms with Gasteiger partial charge in [0.2, 0.25) is 0 Å². The number of nitrogens with one attached hydrogen (secondary N) is 1. The number of aromatic hydroxyl groups is 1. The summed E-state index contributed by atoms with van der Waals surface area (Å²) < 4.78 is 0. The molecule has 0 aliphatic carbocycles. The molecule has 192 valence electrons. The van der Waals surface area contributed by atoms with Gasteiger partial charge in [0, 0.05) is 36.2 Å². The number of likely N-dealkylation sites (tertiary alicyclic amines) is 1. The molecule has 0 radical (unpaired) electrons. The third kappa shape index (κ3) is 6.19. The third-order valence-electron chi connectivity index (χ3n) is 7.37. The van der Waals surface area contributed by atoms with Crippen molar-refractivity contribution in [3.8, 4) is 11.8 Å². The van der Waals surface area contributed by atoms with Crippen LogP contribution in [0.5, 0.6) is 5.75 Å². The van der Waals surface area contributed by atoms with Crippen molar-refractivity contribution in [2.24, 2.45) is 11.8 Å². The van der Waals surface area contributed by atoms with E-state index in [0.717, 1.165) is 48.1 Å².